The summed E-state index contributed by atoms with van der Waals surface area (Å²) in [4.78, 5) is 24.3. The van der Waals surface area contributed by atoms with Crippen LogP contribution in [0.2, 0.25) is 0 Å². The van der Waals surface area contributed by atoms with Crippen LogP contribution in [0.3, 0.4) is 0 Å². The highest BCUT2D eigenvalue weighted by Crippen LogP contribution is 2.18. The molecule has 1 rings (SSSR count). The number of nitrogens with one attached hydrogen (secondary N) is 1. The van der Waals surface area contributed by atoms with Crippen molar-refractivity contribution in [3.63, 3.8) is 0 Å². The monoisotopic (exact) mass is 225 g/mol. The van der Waals surface area contributed by atoms with Gasteiger partial charge in [-0.15, -0.1) is 0 Å². The molecule has 0 aliphatic carbocycles. The maximum absolute atomic E-state index is 11.6. The Kier molecular flexibility index (Phi) is 4.26. The molecule has 16 heavy (non-hydrogen) atoms. The number of carbonyl (C=O) groups excluding carboxylic acids is 2. The number of rotatable bonds is 2. The van der Waals surface area contributed by atoms with Gasteiger partial charge >= 0.3 is 11.8 Å². The summed E-state index contributed by atoms with van der Waals surface area (Å²) in [6.45, 7) is 2.31. The number of ether oxygens (including phenoxy) is 1. The lowest BCUT2D eigenvalue weighted by Gasteiger charge is -2.25. The Hall–Kier alpha value is -1.61. The Morgan fingerprint density at radius 1 is 1.62 bits per heavy atom. The molecule has 0 spiro atoms. The normalized spacial score (nSPS) is 23.6. The van der Waals surface area contributed by atoms with Crippen molar-refractivity contribution in [2.75, 3.05) is 20.2 Å². The molecule has 1 fully saturated rings. The first-order chi connectivity index (χ1) is 7.57. The summed E-state index contributed by atoms with van der Waals surface area (Å²) in [5.41, 5.74) is 0. The van der Waals surface area contributed by atoms with Crippen LogP contribution in [0, 0.1) is 11.3 Å². The summed E-state index contributed by atoms with van der Waals surface area (Å²) in [5.74, 6) is -1.37. The van der Waals surface area contributed by atoms with Gasteiger partial charge in [0, 0.05) is 13.7 Å². The van der Waals surface area contributed by atoms with Crippen LogP contribution in [0.5, 0.6) is 0 Å². The SMILES string of the molecule is CC1OCCC1N(C)C(=O)C(=O)NCC#N. The first-order valence-corrected chi connectivity index (χ1v) is 5.11. The number of carbonyl (C=O) groups is 2. The maximum atomic E-state index is 11.6. The fraction of sp³-hybridized carbons (Fsp3) is 0.700. The molecule has 0 bridgehead atoms. The van der Waals surface area contributed by atoms with Crippen molar-refractivity contribution in [3.05, 3.63) is 0 Å². The fourth-order valence-electron chi connectivity index (χ4n) is 1.74. The van der Waals surface area contributed by atoms with Gasteiger partial charge in [-0.1, -0.05) is 0 Å². The quantitative estimate of drug-likeness (QED) is 0.495. The van der Waals surface area contributed by atoms with E-state index in [2.05, 4.69) is 5.32 Å². The van der Waals surface area contributed by atoms with Gasteiger partial charge in [0.05, 0.1) is 18.2 Å². The van der Waals surface area contributed by atoms with Crippen LogP contribution in [-0.2, 0) is 14.3 Å². The molecule has 0 radical (unpaired) electrons. The van der Waals surface area contributed by atoms with Crippen LogP contribution in [0.4, 0.5) is 0 Å². The summed E-state index contributed by atoms with van der Waals surface area (Å²) in [6.07, 6.45) is 0.673. The van der Waals surface area contributed by atoms with Crippen LogP contribution < -0.4 is 5.32 Å². The number of hydrogen-bond acceptors (Lipinski definition) is 4. The number of nitrogens with zero attached hydrogens (tertiary/aromatic N) is 2. The molecule has 88 valence electrons. The van der Waals surface area contributed by atoms with E-state index in [-0.39, 0.29) is 18.7 Å². The van der Waals surface area contributed by atoms with Crippen molar-refractivity contribution in [1.82, 2.24) is 10.2 Å². The second-order valence-corrected chi connectivity index (χ2v) is 3.69. The number of amides is 2. The van der Waals surface area contributed by atoms with Gasteiger partial charge in [0.2, 0.25) is 0 Å². The molecule has 0 aromatic rings. The van der Waals surface area contributed by atoms with Crippen molar-refractivity contribution < 1.29 is 14.3 Å². The second-order valence-electron chi connectivity index (χ2n) is 3.69. The smallest absolute Gasteiger partial charge is 0.311 e. The van der Waals surface area contributed by atoms with Gasteiger partial charge in [-0.3, -0.25) is 9.59 Å². The molecular weight excluding hydrogens is 210 g/mol. The standard InChI is InChI=1S/C10H15N3O3/c1-7-8(3-6-16-7)13(2)10(15)9(14)12-5-4-11/h7-8H,3,5-6H2,1-2H3,(H,12,14). The van der Waals surface area contributed by atoms with E-state index in [1.807, 2.05) is 6.92 Å². The first kappa shape index (κ1) is 12.5. The van der Waals surface area contributed by atoms with Crippen LogP contribution in [-0.4, -0.2) is 49.1 Å². The molecule has 0 aromatic carbocycles. The molecule has 0 aromatic heterocycles. The van der Waals surface area contributed by atoms with E-state index in [1.54, 1.807) is 13.1 Å². The summed E-state index contributed by atoms with van der Waals surface area (Å²) in [7, 11) is 1.57. The zero-order chi connectivity index (χ0) is 12.1. The average molecular weight is 225 g/mol. The minimum Gasteiger partial charge on any atom is -0.376 e. The van der Waals surface area contributed by atoms with Crippen molar-refractivity contribution in [3.8, 4) is 6.07 Å². The highest BCUT2D eigenvalue weighted by atomic mass is 16.5. The zero-order valence-electron chi connectivity index (χ0n) is 9.40. The first-order valence-electron chi connectivity index (χ1n) is 5.11. The van der Waals surface area contributed by atoms with Gasteiger partial charge in [-0.25, -0.2) is 0 Å². The zero-order valence-corrected chi connectivity index (χ0v) is 9.40. The van der Waals surface area contributed by atoms with Gasteiger partial charge < -0.3 is 15.0 Å². The third kappa shape index (κ3) is 2.70. The lowest BCUT2D eigenvalue weighted by atomic mass is 10.1. The molecule has 6 heteroatoms. The van der Waals surface area contributed by atoms with E-state index in [4.69, 9.17) is 10.00 Å². The summed E-state index contributed by atoms with van der Waals surface area (Å²) in [5, 5.41) is 10.5. The van der Waals surface area contributed by atoms with E-state index in [1.165, 1.54) is 4.90 Å². The lowest BCUT2D eigenvalue weighted by Crippen LogP contribution is -2.48. The van der Waals surface area contributed by atoms with Crippen LogP contribution in [0.25, 0.3) is 0 Å². The molecule has 2 amide bonds. The van der Waals surface area contributed by atoms with Gasteiger partial charge in [0.1, 0.15) is 6.54 Å². The van der Waals surface area contributed by atoms with E-state index >= 15 is 0 Å². The van der Waals surface area contributed by atoms with Crippen molar-refractivity contribution in [1.29, 1.82) is 5.26 Å². The Bertz CT molecular complexity index is 324. The minimum atomic E-state index is -0.747. The highest BCUT2D eigenvalue weighted by Gasteiger charge is 2.32. The van der Waals surface area contributed by atoms with Gasteiger partial charge in [0.15, 0.2) is 0 Å². The Morgan fingerprint density at radius 2 is 2.31 bits per heavy atom. The number of likely N-dealkylation sites (N-methyl/N-ethyl adjacent to an activating group) is 1. The van der Waals surface area contributed by atoms with Gasteiger partial charge in [0.25, 0.3) is 0 Å². The molecule has 2 atom stereocenters. The number of nitriles is 1. The molecular formula is C10H15N3O3. The van der Waals surface area contributed by atoms with Crippen LogP contribution in [0.1, 0.15) is 13.3 Å². The summed E-state index contributed by atoms with van der Waals surface area (Å²) >= 11 is 0. The average Bonchev–Trinajstić information content (AvgIpc) is 2.70. The minimum absolute atomic E-state index is 0.0577. The van der Waals surface area contributed by atoms with Crippen molar-refractivity contribution in [2.24, 2.45) is 0 Å². The fourth-order valence-corrected chi connectivity index (χ4v) is 1.74. The molecule has 2 unspecified atom stereocenters. The molecule has 0 saturated carbocycles. The van der Waals surface area contributed by atoms with Crippen molar-refractivity contribution >= 4 is 11.8 Å². The van der Waals surface area contributed by atoms with E-state index in [9.17, 15) is 9.59 Å². The molecule has 1 aliphatic rings. The summed E-state index contributed by atoms with van der Waals surface area (Å²) < 4.78 is 5.32. The highest BCUT2D eigenvalue weighted by molar-refractivity contribution is 6.35. The number of hydrogen-bond donors (Lipinski definition) is 1. The maximum Gasteiger partial charge on any atom is 0.311 e. The Labute approximate surface area is 94.2 Å². The lowest BCUT2D eigenvalue weighted by molar-refractivity contribution is -0.146. The van der Waals surface area contributed by atoms with Gasteiger partial charge in [-0.05, 0) is 13.3 Å². The molecule has 6 nitrogen and oxygen atoms in total. The molecule has 1 heterocycles. The second kappa shape index (κ2) is 5.47. The topological polar surface area (TPSA) is 82.4 Å². The third-order valence-electron chi connectivity index (χ3n) is 2.68. The third-order valence-corrected chi connectivity index (χ3v) is 2.68. The van der Waals surface area contributed by atoms with Crippen LogP contribution >= 0.6 is 0 Å². The molecule has 1 aliphatic heterocycles. The van der Waals surface area contributed by atoms with E-state index in [0.29, 0.717) is 6.61 Å². The molecule has 1 saturated heterocycles. The van der Waals surface area contributed by atoms with Gasteiger partial charge in [-0.2, -0.15) is 5.26 Å². The predicted molar refractivity (Wildman–Crippen MR) is 55.2 cm³/mol. The van der Waals surface area contributed by atoms with Crippen LogP contribution in [0.15, 0.2) is 0 Å². The summed E-state index contributed by atoms with van der Waals surface area (Å²) in [6, 6.07) is 1.67. The van der Waals surface area contributed by atoms with E-state index < -0.39 is 11.8 Å². The Morgan fingerprint density at radius 3 is 2.81 bits per heavy atom. The Balaban J connectivity index is 2.53. The largest absolute Gasteiger partial charge is 0.376 e. The predicted octanol–water partition coefficient (Wildman–Crippen LogP) is -0.738. The van der Waals surface area contributed by atoms with Crippen molar-refractivity contribution in [2.45, 2.75) is 25.5 Å². The molecule has 1 N–H and O–H groups in total. The van der Waals surface area contributed by atoms with E-state index in [0.717, 1.165) is 6.42 Å².